The van der Waals surface area contributed by atoms with Crippen molar-refractivity contribution in [2.45, 2.75) is 6.54 Å². The molecule has 4 nitrogen and oxygen atoms in total. The molecule has 0 fully saturated rings. The third-order valence-corrected chi connectivity index (χ3v) is 5.83. The third kappa shape index (κ3) is 3.38. The zero-order valence-electron chi connectivity index (χ0n) is 17.5. The highest BCUT2D eigenvalue weighted by Gasteiger charge is 2.17. The minimum atomic E-state index is -0.462. The number of aromatic nitrogens is 1. The van der Waals surface area contributed by atoms with Crippen LogP contribution in [-0.2, 0) is 6.54 Å². The number of hydrogen-bond donors (Lipinski definition) is 1. The van der Waals surface area contributed by atoms with Crippen molar-refractivity contribution in [3.63, 3.8) is 0 Å². The largest absolute Gasteiger partial charge is 0.497 e. The molecule has 1 amide bonds. The summed E-state index contributed by atoms with van der Waals surface area (Å²) in [7, 11) is 1.64. The molecule has 32 heavy (non-hydrogen) atoms. The van der Waals surface area contributed by atoms with Gasteiger partial charge in [0.15, 0.2) is 0 Å². The number of fused-ring (bicyclic) bond motifs is 3. The molecule has 0 saturated heterocycles. The summed E-state index contributed by atoms with van der Waals surface area (Å²) in [6.07, 6.45) is 0. The summed E-state index contributed by atoms with van der Waals surface area (Å²) in [5, 5.41) is 1.78. The van der Waals surface area contributed by atoms with E-state index in [2.05, 4.69) is 10.6 Å². The van der Waals surface area contributed by atoms with Crippen molar-refractivity contribution < 1.29 is 13.9 Å². The summed E-state index contributed by atoms with van der Waals surface area (Å²) in [4.78, 5) is 12.2. The Morgan fingerprint density at radius 1 is 0.906 bits per heavy atom. The topological polar surface area (TPSA) is 57.2 Å². The van der Waals surface area contributed by atoms with Gasteiger partial charge in [0.2, 0.25) is 5.91 Å². The van der Waals surface area contributed by atoms with Gasteiger partial charge in [0.25, 0.3) is 0 Å². The predicted octanol–water partition coefficient (Wildman–Crippen LogP) is 5.76. The molecule has 0 radical (unpaired) electrons. The summed E-state index contributed by atoms with van der Waals surface area (Å²) in [6, 6.07) is 26.1. The van der Waals surface area contributed by atoms with Gasteiger partial charge >= 0.3 is 0 Å². The van der Waals surface area contributed by atoms with E-state index >= 15 is 0 Å². The Labute approximate surface area is 184 Å². The lowest BCUT2D eigenvalue weighted by Gasteiger charge is -2.10. The maximum Gasteiger partial charge on any atom is 0.249 e. The van der Waals surface area contributed by atoms with E-state index in [0.29, 0.717) is 12.1 Å². The molecule has 0 aliphatic carbocycles. The summed E-state index contributed by atoms with van der Waals surface area (Å²) < 4.78 is 20.9. The van der Waals surface area contributed by atoms with Crippen LogP contribution >= 0.6 is 0 Å². The van der Waals surface area contributed by atoms with Crippen LogP contribution in [0.15, 0.2) is 84.9 Å². The van der Waals surface area contributed by atoms with Gasteiger partial charge in [-0.3, -0.25) is 4.79 Å². The number of carbonyl (C=O) groups excluding carboxylic acids is 1. The number of benzene rings is 4. The molecule has 5 heteroatoms. The molecule has 2 N–H and O–H groups in total. The van der Waals surface area contributed by atoms with Gasteiger partial charge in [0.1, 0.15) is 11.6 Å². The second-order valence-corrected chi connectivity index (χ2v) is 7.74. The summed E-state index contributed by atoms with van der Waals surface area (Å²) in [6.45, 7) is 0.536. The van der Waals surface area contributed by atoms with Gasteiger partial charge in [0, 0.05) is 22.9 Å². The third-order valence-electron chi connectivity index (χ3n) is 5.83. The number of nitrogens with zero attached hydrogens (tertiary/aromatic N) is 1. The standard InChI is InChI=1S/C27H21FN2O2/c1-32-21-12-7-18(8-13-21)19-9-14-22-25(15-19)30(16-17-5-10-20(28)11-6-17)24-4-2-3-23(26(22)24)27(29)31/h2-15H,16H2,1H3,(H2,29,31). The van der Waals surface area contributed by atoms with Gasteiger partial charge in [-0.25, -0.2) is 4.39 Å². The van der Waals surface area contributed by atoms with E-state index in [1.54, 1.807) is 25.3 Å². The van der Waals surface area contributed by atoms with Gasteiger partial charge in [-0.05, 0) is 59.2 Å². The molecule has 4 aromatic carbocycles. The highest BCUT2D eigenvalue weighted by molar-refractivity contribution is 6.18. The van der Waals surface area contributed by atoms with E-state index < -0.39 is 5.91 Å². The van der Waals surface area contributed by atoms with Gasteiger partial charge < -0.3 is 15.0 Å². The van der Waals surface area contributed by atoms with Crippen LogP contribution in [0.3, 0.4) is 0 Å². The minimum Gasteiger partial charge on any atom is -0.497 e. The zero-order valence-corrected chi connectivity index (χ0v) is 17.5. The number of amides is 1. The maximum absolute atomic E-state index is 13.4. The van der Waals surface area contributed by atoms with Crippen LogP contribution in [0.1, 0.15) is 15.9 Å². The SMILES string of the molecule is COc1ccc(-c2ccc3c4c(C(N)=O)cccc4n(Cc4ccc(F)cc4)c3c2)cc1. The molecule has 0 aliphatic heterocycles. The second kappa shape index (κ2) is 7.85. The second-order valence-electron chi connectivity index (χ2n) is 7.74. The molecule has 5 rings (SSSR count). The maximum atomic E-state index is 13.4. The van der Waals surface area contributed by atoms with E-state index in [-0.39, 0.29) is 5.82 Å². The quantitative estimate of drug-likeness (QED) is 0.390. The molecule has 1 heterocycles. The Morgan fingerprint density at radius 2 is 1.62 bits per heavy atom. The molecule has 0 unspecified atom stereocenters. The molecule has 5 aromatic rings. The average molecular weight is 424 g/mol. The van der Waals surface area contributed by atoms with Crippen molar-refractivity contribution in [1.82, 2.24) is 4.57 Å². The fraction of sp³-hybridized carbons (Fsp3) is 0.0741. The summed E-state index contributed by atoms with van der Waals surface area (Å²) in [5.74, 6) is 0.0655. The van der Waals surface area contributed by atoms with Gasteiger partial charge in [-0.1, -0.05) is 42.5 Å². The lowest BCUT2D eigenvalue weighted by atomic mass is 10.0. The first kappa shape index (κ1) is 19.8. The van der Waals surface area contributed by atoms with Crippen LogP contribution in [0.25, 0.3) is 32.9 Å². The Kier molecular flexibility index (Phi) is 4.86. The van der Waals surface area contributed by atoms with Crippen molar-refractivity contribution in [1.29, 1.82) is 0 Å². The van der Waals surface area contributed by atoms with E-state index in [9.17, 15) is 9.18 Å². The zero-order chi connectivity index (χ0) is 22.2. The Morgan fingerprint density at radius 3 is 2.31 bits per heavy atom. The fourth-order valence-electron chi connectivity index (χ4n) is 4.26. The van der Waals surface area contributed by atoms with Crippen LogP contribution < -0.4 is 10.5 Å². The normalized spacial score (nSPS) is 11.2. The fourth-order valence-corrected chi connectivity index (χ4v) is 4.26. The lowest BCUT2D eigenvalue weighted by Crippen LogP contribution is -2.11. The number of rotatable bonds is 5. The number of nitrogens with two attached hydrogens (primary N) is 1. The molecule has 158 valence electrons. The molecule has 0 atom stereocenters. The lowest BCUT2D eigenvalue weighted by molar-refractivity contribution is 0.100. The number of primary amides is 1. The monoisotopic (exact) mass is 424 g/mol. The van der Waals surface area contributed by atoms with Crippen molar-refractivity contribution >= 4 is 27.7 Å². The van der Waals surface area contributed by atoms with Crippen LogP contribution in [0, 0.1) is 5.82 Å². The van der Waals surface area contributed by atoms with Crippen molar-refractivity contribution in [3.05, 3.63) is 102 Å². The van der Waals surface area contributed by atoms with Crippen LogP contribution in [0.2, 0.25) is 0 Å². The van der Waals surface area contributed by atoms with E-state index in [4.69, 9.17) is 10.5 Å². The number of hydrogen-bond acceptors (Lipinski definition) is 2. The highest BCUT2D eigenvalue weighted by Crippen LogP contribution is 2.35. The first-order chi connectivity index (χ1) is 15.5. The summed E-state index contributed by atoms with van der Waals surface area (Å²) >= 11 is 0. The first-order valence-electron chi connectivity index (χ1n) is 10.3. The molecule has 0 bridgehead atoms. The van der Waals surface area contributed by atoms with E-state index in [0.717, 1.165) is 44.2 Å². The Bertz CT molecular complexity index is 1450. The molecular weight excluding hydrogens is 403 g/mol. The van der Waals surface area contributed by atoms with Crippen LogP contribution in [0.5, 0.6) is 5.75 Å². The highest BCUT2D eigenvalue weighted by atomic mass is 19.1. The average Bonchev–Trinajstić information content (AvgIpc) is 3.13. The van der Waals surface area contributed by atoms with Crippen LogP contribution in [0.4, 0.5) is 4.39 Å². The number of methoxy groups -OCH3 is 1. The Hall–Kier alpha value is -4.12. The van der Waals surface area contributed by atoms with E-state index in [1.807, 2.05) is 48.5 Å². The molecule has 0 saturated carbocycles. The van der Waals surface area contributed by atoms with Crippen molar-refractivity contribution in [2.24, 2.45) is 5.73 Å². The van der Waals surface area contributed by atoms with Crippen molar-refractivity contribution in [2.75, 3.05) is 7.11 Å². The van der Waals surface area contributed by atoms with Gasteiger partial charge in [0.05, 0.1) is 18.1 Å². The number of ether oxygens (including phenoxy) is 1. The Balaban J connectivity index is 1.75. The molecular formula is C27H21FN2O2. The molecule has 0 aliphatic rings. The first-order valence-corrected chi connectivity index (χ1v) is 10.3. The number of halogens is 1. The van der Waals surface area contributed by atoms with Gasteiger partial charge in [-0.15, -0.1) is 0 Å². The van der Waals surface area contributed by atoms with Gasteiger partial charge in [-0.2, -0.15) is 0 Å². The molecule has 1 aromatic heterocycles. The predicted molar refractivity (Wildman–Crippen MR) is 125 cm³/mol. The number of carbonyl (C=O) groups is 1. The van der Waals surface area contributed by atoms with Crippen molar-refractivity contribution in [3.8, 4) is 16.9 Å². The smallest absolute Gasteiger partial charge is 0.249 e. The van der Waals surface area contributed by atoms with Crippen LogP contribution in [-0.4, -0.2) is 17.6 Å². The molecule has 0 spiro atoms. The summed E-state index contributed by atoms with van der Waals surface area (Å²) in [5.41, 5.74) is 11.1. The minimum absolute atomic E-state index is 0.270. The van der Waals surface area contributed by atoms with E-state index in [1.165, 1.54) is 12.1 Å².